The summed E-state index contributed by atoms with van der Waals surface area (Å²) in [7, 11) is 1.28. The van der Waals surface area contributed by atoms with E-state index in [9.17, 15) is 24.3 Å². The number of benzene rings is 2. The molecule has 5 amide bonds. The van der Waals surface area contributed by atoms with E-state index in [1.807, 2.05) is 113 Å². The van der Waals surface area contributed by atoms with Crippen molar-refractivity contribution in [1.82, 2.24) is 36.3 Å². The van der Waals surface area contributed by atoms with Gasteiger partial charge in [0.1, 0.15) is 0 Å². The number of hydrogen-bond donors (Lipinski definition) is 5. The second-order valence-corrected chi connectivity index (χ2v) is 15.0. The van der Waals surface area contributed by atoms with E-state index in [1.165, 1.54) is 7.11 Å². The number of carbonyl (C=O) groups is 4. The molecule has 4 rings (SSSR count). The third-order valence-electron chi connectivity index (χ3n) is 9.91. The number of amides is 5. The van der Waals surface area contributed by atoms with Gasteiger partial charge in [-0.25, -0.2) is 14.6 Å². The van der Waals surface area contributed by atoms with Gasteiger partial charge in [0, 0.05) is 38.3 Å². The number of pyridine rings is 1. The first-order valence-corrected chi connectivity index (χ1v) is 18.7. The van der Waals surface area contributed by atoms with Crippen LogP contribution in [-0.4, -0.2) is 88.9 Å². The monoisotopic (exact) mass is 743 g/mol. The highest BCUT2D eigenvalue weighted by Gasteiger charge is 2.43. The lowest BCUT2D eigenvalue weighted by molar-refractivity contribution is -0.132. The van der Waals surface area contributed by atoms with Crippen LogP contribution in [0, 0.1) is 24.2 Å². The van der Waals surface area contributed by atoms with Crippen molar-refractivity contribution in [2.24, 2.45) is 17.3 Å². The number of nitrogens with one attached hydrogen (secondary N) is 4. The van der Waals surface area contributed by atoms with Crippen LogP contribution in [0.3, 0.4) is 0 Å². The number of methoxy groups -OCH3 is 1. The largest absolute Gasteiger partial charge is 0.453 e. The van der Waals surface area contributed by atoms with Gasteiger partial charge in [0.05, 0.1) is 43.5 Å². The van der Waals surface area contributed by atoms with Crippen LogP contribution in [-0.2, 0) is 33.8 Å². The van der Waals surface area contributed by atoms with E-state index >= 15 is 0 Å². The summed E-state index contributed by atoms with van der Waals surface area (Å²) in [6, 6.07) is 23.5. The number of nitrogens with zero attached hydrogens (tertiary/aromatic N) is 3. The molecule has 1 aliphatic rings. The Balaban J connectivity index is 1.57. The quantitative estimate of drug-likeness (QED) is 0.113. The minimum Gasteiger partial charge on any atom is -0.453 e. The van der Waals surface area contributed by atoms with E-state index in [2.05, 4.69) is 31.1 Å². The maximum Gasteiger partial charge on any atom is 0.406 e. The van der Waals surface area contributed by atoms with E-state index in [1.54, 1.807) is 9.91 Å². The van der Waals surface area contributed by atoms with Crippen LogP contribution in [0.1, 0.15) is 63.1 Å². The molecule has 2 heterocycles. The second-order valence-electron chi connectivity index (χ2n) is 15.0. The molecule has 5 N–H and O–H groups in total. The molecular weight excluding hydrogens is 686 g/mol. The van der Waals surface area contributed by atoms with E-state index in [-0.39, 0.29) is 49.8 Å². The summed E-state index contributed by atoms with van der Waals surface area (Å²) >= 11 is 0. The Labute approximate surface area is 319 Å². The zero-order chi connectivity index (χ0) is 39.3. The smallest absolute Gasteiger partial charge is 0.406 e. The van der Waals surface area contributed by atoms with Crippen LogP contribution in [0.4, 0.5) is 9.59 Å². The molecule has 0 bridgehead atoms. The number of aromatic nitrogens is 1. The lowest BCUT2D eigenvalue weighted by Crippen LogP contribution is -2.56. The number of ether oxygens (including phenoxy) is 1. The molecule has 13 nitrogen and oxygen atoms in total. The lowest BCUT2D eigenvalue weighted by atomic mass is 9.83. The summed E-state index contributed by atoms with van der Waals surface area (Å²) in [6.45, 7) is 10.8. The molecular formula is C41H57N7O6. The molecule has 1 saturated heterocycles. The van der Waals surface area contributed by atoms with Crippen LogP contribution in [0.5, 0.6) is 0 Å². The third-order valence-corrected chi connectivity index (χ3v) is 9.91. The normalized spacial score (nSPS) is 16.6. The van der Waals surface area contributed by atoms with Crippen molar-refractivity contribution in [2.75, 3.05) is 26.7 Å². The third kappa shape index (κ3) is 12.6. The molecule has 1 aliphatic heterocycles. The van der Waals surface area contributed by atoms with Crippen LogP contribution in [0.15, 0.2) is 78.9 Å². The fourth-order valence-electron chi connectivity index (χ4n) is 6.83. The van der Waals surface area contributed by atoms with Crippen molar-refractivity contribution in [3.8, 4) is 0 Å². The van der Waals surface area contributed by atoms with Gasteiger partial charge in [-0.15, -0.1) is 0 Å². The van der Waals surface area contributed by atoms with Crippen LogP contribution >= 0.6 is 0 Å². The van der Waals surface area contributed by atoms with Gasteiger partial charge in [0.25, 0.3) is 0 Å². The Morgan fingerprint density at radius 3 is 2.33 bits per heavy atom. The number of carbonyl (C=O) groups excluding carboxylic acids is 4. The first kappa shape index (κ1) is 41.7. The standard InChI is InChI=1S/C41H57N7O6/c1-7-28(2)37(34-23-42-39(52)48(34)25-32-20-14-15-29(3)44-32)38(51)45-33(21-30-16-10-8-11-17-30)35(49)26-47(24-31-18-12-9-13-19-31)46-36(50)22-41(4,5)27-43-40(53)54-6/h8-20,28,33-35,37,49H,7,21-27H2,1-6H3,(H,42,52)(H,43,53)(H,45,51)(H,46,50). The number of hydrogen-bond acceptors (Lipinski definition) is 8. The van der Waals surface area contributed by atoms with Crippen molar-refractivity contribution in [3.05, 3.63) is 101 Å². The SMILES string of the molecule is CCC(C)C(C(=O)NC(Cc1ccccc1)C(O)CN(Cc1ccccc1)NC(=O)CC(C)(C)CNC(=O)OC)C1CNC(=O)N1Cc1cccc(C)n1. The molecule has 5 atom stereocenters. The van der Waals surface area contributed by atoms with Crippen LogP contribution in [0.2, 0.25) is 0 Å². The highest BCUT2D eigenvalue weighted by atomic mass is 16.5. The maximum absolute atomic E-state index is 14.5. The van der Waals surface area contributed by atoms with E-state index in [4.69, 9.17) is 0 Å². The second kappa shape index (κ2) is 19.9. The van der Waals surface area contributed by atoms with Gasteiger partial charge >= 0.3 is 12.1 Å². The predicted molar refractivity (Wildman–Crippen MR) is 207 cm³/mol. The van der Waals surface area contributed by atoms with Crippen molar-refractivity contribution in [2.45, 2.75) is 85.2 Å². The molecule has 3 aromatic rings. The van der Waals surface area contributed by atoms with Gasteiger partial charge in [-0.3, -0.25) is 20.0 Å². The molecule has 1 aromatic heterocycles. The van der Waals surface area contributed by atoms with Crippen LogP contribution in [0.25, 0.3) is 0 Å². The average molecular weight is 744 g/mol. The summed E-state index contributed by atoms with van der Waals surface area (Å²) in [5.41, 5.74) is 5.80. The summed E-state index contributed by atoms with van der Waals surface area (Å²) in [5.74, 6) is -1.22. The maximum atomic E-state index is 14.5. The Bertz CT molecular complexity index is 1670. The average Bonchev–Trinajstić information content (AvgIpc) is 3.49. The van der Waals surface area contributed by atoms with Crippen molar-refractivity contribution in [1.29, 1.82) is 0 Å². The van der Waals surface area contributed by atoms with Gasteiger partial charge in [0.2, 0.25) is 11.8 Å². The Hall–Kier alpha value is -5.01. The Morgan fingerprint density at radius 2 is 1.70 bits per heavy atom. The summed E-state index contributed by atoms with van der Waals surface area (Å²) in [5, 5.41) is 22.4. The van der Waals surface area contributed by atoms with Gasteiger partial charge in [-0.05, 0) is 47.9 Å². The molecule has 0 aliphatic carbocycles. The number of aliphatic hydroxyl groups excluding tert-OH is 1. The highest BCUT2D eigenvalue weighted by molar-refractivity contribution is 5.83. The van der Waals surface area contributed by atoms with E-state index in [0.29, 0.717) is 25.9 Å². The number of aryl methyl sites for hydroxylation is 1. The topological polar surface area (TPSA) is 165 Å². The molecule has 13 heteroatoms. The summed E-state index contributed by atoms with van der Waals surface area (Å²) in [6.07, 6.45) is -0.568. The number of urea groups is 1. The first-order chi connectivity index (χ1) is 25.8. The zero-order valence-electron chi connectivity index (χ0n) is 32.4. The van der Waals surface area contributed by atoms with E-state index < -0.39 is 35.6 Å². The molecule has 0 saturated carbocycles. The molecule has 292 valence electrons. The molecule has 0 radical (unpaired) electrons. The van der Waals surface area contributed by atoms with Crippen molar-refractivity contribution < 1.29 is 29.0 Å². The molecule has 0 spiro atoms. The zero-order valence-corrected chi connectivity index (χ0v) is 32.4. The van der Waals surface area contributed by atoms with Gasteiger partial charge < -0.3 is 30.7 Å². The van der Waals surface area contributed by atoms with Gasteiger partial charge in [-0.1, -0.05) is 101 Å². The minimum absolute atomic E-state index is 0.00186. The van der Waals surface area contributed by atoms with E-state index in [0.717, 1.165) is 22.5 Å². The molecule has 5 unspecified atom stereocenters. The number of aliphatic hydroxyl groups is 1. The van der Waals surface area contributed by atoms with Gasteiger partial charge in [-0.2, -0.15) is 0 Å². The van der Waals surface area contributed by atoms with Gasteiger partial charge in [0.15, 0.2) is 0 Å². The summed E-state index contributed by atoms with van der Waals surface area (Å²) < 4.78 is 4.68. The Kier molecular flexibility index (Phi) is 15.4. The fourth-order valence-corrected chi connectivity index (χ4v) is 6.83. The number of alkyl carbamates (subject to hydrolysis) is 1. The molecule has 54 heavy (non-hydrogen) atoms. The number of rotatable bonds is 19. The molecule has 1 fully saturated rings. The highest BCUT2D eigenvalue weighted by Crippen LogP contribution is 2.28. The van der Waals surface area contributed by atoms with Crippen molar-refractivity contribution in [3.63, 3.8) is 0 Å². The number of hydrazine groups is 1. The minimum atomic E-state index is -1.11. The lowest BCUT2D eigenvalue weighted by Gasteiger charge is -2.36. The summed E-state index contributed by atoms with van der Waals surface area (Å²) in [4.78, 5) is 59.1. The molecule has 2 aromatic carbocycles. The predicted octanol–water partition coefficient (Wildman–Crippen LogP) is 4.34. The fraction of sp³-hybridized carbons (Fsp3) is 0.488. The first-order valence-electron chi connectivity index (χ1n) is 18.7. The van der Waals surface area contributed by atoms with Crippen LogP contribution < -0.4 is 21.4 Å². The van der Waals surface area contributed by atoms with Crippen molar-refractivity contribution >= 4 is 23.9 Å². The Morgan fingerprint density at radius 1 is 1.04 bits per heavy atom.